The molecule has 0 atom stereocenters. The molecule has 0 unspecified atom stereocenters. The fraction of sp³-hybridized carbons (Fsp3) is 1.00. The zero-order chi connectivity index (χ0) is 7.95. The lowest BCUT2D eigenvalue weighted by Crippen LogP contribution is -2.44. The van der Waals surface area contributed by atoms with E-state index in [0.717, 1.165) is 0 Å². The molecule has 0 N–H and O–H groups in total. The van der Waals surface area contributed by atoms with Gasteiger partial charge in [-0.2, -0.15) is 0 Å². The van der Waals surface area contributed by atoms with Gasteiger partial charge in [0.2, 0.25) is 0 Å². The summed E-state index contributed by atoms with van der Waals surface area (Å²) in [4.78, 5) is 0. The fourth-order valence-corrected chi connectivity index (χ4v) is 4.25. The van der Waals surface area contributed by atoms with Gasteiger partial charge >= 0.3 is 0 Å². The largest absolute Gasteiger partial charge is 0.139 e. The van der Waals surface area contributed by atoms with Crippen molar-refractivity contribution in [2.75, 3.05) is 0 Å². The summed E-state index contributed by atoms with van der Waals surface area (Å²) < 4.78 is 0.586. The Balaban J connectivity index is 2.16. The molecule has 2 aliphatic heterocycles. The molecule has 0 aromatic carbocycles. The molecule has 2 heteroatoms. The van der Waals surface area contributed by atoms with E-state index in [2.05, 4.69) is 36.8 Å². The molecule has 1 radical (unpaired) electrons. The summed E-state index contributed by atoms with van der Waals surface area (Å²) in [5.41, 5.74) is 0. The molecule has 61 valence electrons. The molecule has 2 bridgehead atoms. The van der Waals surface area contributed by atoms with Crippen LogP contribution in [-0.2, 0) is 0 Å². The van der Waals surface area contributed by atoms with Gasteiger partial charge in [-0.3, -0.25) is 0 Å². The Morgan fingerprint density at radius 3 is 2.00 bits per heavy atom. The van der Waals surface area contributed by atoms with Gasteiger partial charge in [0.15, 0.2) is 0 Å². The van der Waals surface area contributed by atoms with Crippen LogP contribution in [0.15, 0.2) is 0 Å². The van der Waals surface area contributed by atoms with Gasteiger partial charge in [-0.15, -0.1) is 0 Å². The third-order valence-corrected chi connectivity index (χ3v) is 4.68. The van der Waals surface area contributed by atoms with E-state index in [4.69, 9.17) is 0 Å². The molecule has 2 saturated heterocycles. The van der Waals surface area contributed by atoms with Crippen molar-refractivity contribution < 1.29 is 0 Å². The van der Waals surface area contributed by atoms with Crippen molar-refractivity contribution in [1.82, 2.24) is 0 Å². The molecule has 2 heterocycles. The highest BCUT2D eigenvalue weighted by atomic mass is 127. The Morgan fingerprint density at radius 2 is 1.64 bits per heavy atom. The Kier molecular flexibility index (Phi) is 2.02. The van der Waals surface area contributed by atoms with Crippen LogP contribution in [0.3, 0.4) is 0 Å². The van der Waals surface area contributed by atoms with Crippen LogP contribution in [0.5, 0.6) is 0 Å². The van der Waals surface area contributed by atoms with Crippen molar-refractivity contribution in [1.29, 1.82) is 0 Å². The van der Waals surface area contributed by atoms with Gasteiger partial charge in [-0.05, 0) is 16.2 Å². The summed E-state index contributed by atoms with van der Waals surface area (Å²) in [6, 6.07) is 0. The van der Waals surface area contributed by atoms with E-state index in [1.807, 2.05) is 0 Å². The second kappa shape index (κ2) is 2.64. The van der Waals surface area contributed by atoms with Gasteiger partial charge in [0.25, 0.3) is 0 Å². The second-order valence-electron chi connectivity index (χ2n) is 4.54. The van der Waals surface area contributed by atoms with Gasteiger partial charge in [-0.1, -0.05) is 60.5 Å². The minimum Gasteiger partial charge on any atom is -0.0887 e. The highest BCUT2D eigenvalue weighted by Crippen LogP contribution is 2.53. The zero-order valence-corrected chi connectivity index (χ0v) is 9.36. The minimum atomic E-state index is 0.586. The summed E-state index contributed by atoms with van der Waals surface area (Å²) >= 11 is 2.67. The minimum absolute atomic E-state index is 0.586. The Morgan fingerprint density at radius 1 is 1.09 bits per heavy atom. The van der Waals surface area contributed by atoms with Crippen LogP contribution < -0.4 is 0 Å². The standard InChI is InChI=1S/C9H15BI/c1-8-4-2-6-9(11,10-8)7-3-5-8/h2-7H2,1H3. The van der Waals surface area contributed by atoms with Crippen LogP contribution >= 0.6 is 22.6 Å². The number of alkyl halides is 1. The van der Waals surface area contributed by atoms with Gasteiger partial charge in [0.05, 0.1) is 0 Å². The molecule has 2 fully saturated rings. The molecule has 0 amide bonds. The molecule has 0 nitrogen and oxygen atoms in total. The van der Waals surface area contributed by atoms with Crippen LogP contribution in [0.4, 0.5) is 0 Å². The number of fused-ring (bicyclic) bond motifs is 2. The first-order chi connectivity index (χ1) is 5.12. The average Bonchev–Trinajstić information content (AvgIpc) is 1.83. The highest BCUT2D eigenvalue weighted by molar-refractivity contribution is 14.1. The molecule has 0 aromatic rings. The van der Waals surface area contributed by atoms with E-state index in [1.54, 1.807) is 0 Å². The zero-order valence-electron chi connectivity index (χ0n) is 7.20. The van der Waals surface area contributed by atoms with E-state index in [-0.39, 0.29) is 0 Å². The monoisotopic (exact) mass is 261 g/mol. The lowest BCUT2D eigenvalue weighted by molar-refractivity contribution is 0.367. The first-order valence-corrected chi connectivity index (χ1v) is 5.76. The van der Waals surface area contributed by atoms with Gasteiger partial charge in [0.1, 0.15) is 7.28 Å². The smallest absolute Gasteiger partial charge is 0.0887 e. The molecular formula is C9H15BI. The number of hydrogen-bond donors (Lipinski definition) is 0. The Labute approximate surface area is 83.9 Å². The van der Waals surface area contributed by atoms with Crippen molar-refractivity contribution in [3.8, 4) is 0 Å². The Hall–Kier alpha value is 0.795. The maximum Gasteiger partial charge on any atom is 0.139 e. The third kappa shape index (κ3) is 1.61. The average molecular weight is 261 g/mol. The summed E-state index contributed by atoms with van der Waals surface area (Å²) in [6.07, 6.45) is 8.66. The molecule has 0 aromatic heterocycles. The van der Waals surface area contributed by atoms with E-state index in [9.17, 15) is 0 Å². The molecule has 11 heavy (non-hydrogen) atoms. The quantitative estimate of drug-likeness (QED) is 0.356. The van der Waals surface area contributed by atoms with Crippen molar-refractivity contribution in [2.24, 2.45) is 0 Å². The predicted octanol–water partition coefficient (Wildman–Crippen LogP) is 3.37. The summed E-state index contributed by atoms with van der Waals surface area (Å²) in [6.45, 7) is 2.44. The lowest BCUT2D eigenvalue weighted by atomic mass is 9.36. The number of halogens is 1. The topological polar surface area (TPSA) is 0 Å². The van der Waals surface area contributed by atoms with E-state index < -0.39 is 0 Å². The maximum atomic E-state index is 2.67. The normalized spacial score (nSPS) is 50.0. The van der Waals surface area contributed by atoms with Crippen LogP contribution in [-0.4, -0.2) is 10.6 Å². The van der Waals surface area contributed by atoms with Gasteiger partial charge in [-0.25, -0.2) is 0 Å². The number of hydrogen-bond acceptors (Lipinski definition) is 0. The maximum absolute atomic E-state index is 2.67. The summed E-state index contributed by atoms with van der Waals surface area (Å²) in [7, 11) is 2.65. The van der Waals surface area contributed by atoms with Gasteiger partial charge in [0, 0.05) is 0 Å². The summed E-state index contributed by atoms with van der Waals surface area (Å²) in [5, 5.41) is 0.609. The highest BCUT2D eigenvalue weighted by Gasteiger charge is 2.44. The fourth-order valence-electron chi connectivity index (χ4n) is 2.74. The molecule has 0 aliphatic carbocycles. The van der Waals surface area contributed by atoms with Crippen molar-refractivity contribution in [2.45, 2.75) is 54.1 Å². The molecule has 0 spiro atoms. The predicted molar refractivity (Wildman–Crippen MR) is 58.6 cm³/mol. The van der Waals surface area contributed by atoms with Gasteiger partial charge < -0.3 is 0 Å². The first-order valence-electron chi connectivity index (χ1n) is 4.68. The summed E-state index contributed by atoms with van der Waals surface area (Å²) in [5.74, 6) is 0. The second-order valence-corrected chi connectivity index (χ2v) is 6.69. The van der Waals surface area contributed by atoms with E-state index in [1.165, 1.54) is 38.5 Å². The molecule has 2 rings (SSSR count). The van der Waals surface area contributed by atoms with Crippen LogP contribution in [0.2, 0.25) is 5.31 Å². The molecule has 0 saturated carbocycles. The van der Waals surface area contributed by atoms with Crippen LogP contribution in [0.1, 0.15) is 45.4 Å². The molecule has 2 aliphatic rings. The third-order valence-electron chi connectivity index (χ3n) is 3.29. The van der Waals surface area contributed by atoms with Crippen molar-refractivity contribution in [3.63, 3.8) is 0 Å². The first kappa shape index (κ1) is 8.40. The van der Waals surface area contributed by atoms with E-state index in [0.29, 0.717) is 8.64 Å². The SMILES string of the molecule is CC12[B]C(I)(CCC1)CCC2. The van der Waals surface area contributed by atoms with Crippen LogP contribution in [0, 0.1) is 0 Å². The Bertz CT molecular complexity index is 141. The van der Waals surface area contributed by atoms with Crippen LogP contribution in [0.25, 0.3) is 0 Å². The molecular weight excluding hydrogens is 246 g/mol. The lowest BCUT2D eigenvalue weighted by Gasteiger charge is -2.47. The van der Waals surface area contributed by atoms with E-state index >= 15 is 0 Å². The van der Waals surface area contributed by atoms with Crippen molar-refractivity contribution >= 4 is 29.9 Å². The number of rotatable bonds is 0. The van der Waals surface area contributed by atoms with Crippen molar-refractivity contribution in [3.05, 3.63) is 0 Å².